The van der Waals surface area contributed by atoms with E-state index in [1.807, 2.05) is 6.33 Å². The highest BCUT2D eigenvalue weighted by molar-refractivity contribution is 5.17. The van der Waals surface area contributed by atoms with Crippen molar-refractivity contribution in [3.63, 3.8) is 0 Å². The molecule has 108 valence electrons. The highest BCUT2D eigenvalue weighted by Crippen LogP contribution is 2.17. The van der Waals surface area contributed by atoms with Gasteiger partial charge in [-0.1, -0.05) is 6.92 Å². The third-order valence-electron chi connectivity index (χ3n) is 3.66. The fourth-order valence-corrected chi connectivity index (χ4v) is 2.53. The van der Waals surface area contributed by atoms with E-state index in [2.05, 4.69) is 38.0 Å². The van der Waals surface area contributed by atoms with E-state index in [1.54, 1.807) is 6.26 Å². The zero-order valence-corrected chi connectivity index (χ0v) is 11.9. The van der Waals surface area contributed by atoms with Crippen molar-refractivity contribution in [2.75, 3.05) is 13.1 Å². The standard InChI is InChI=1S/C14H21N5O/c1-2-4-15-8-13-12(3-7-20-13)9-18-5-6-19-11-16-17-14(19)10-18/h3,7,11,15H,2,4-6,8-10H2,1H3. The number of hydrogen-bond acceptors (Lipinski definition) is 5. The molecule has 0 unspecified atom stereocenters. The average molecular weight is 275 g/mol. The van der Waals surface area contributed by atoms with E-state index in [-0.39, 0.29) is 0 Å². The molecule has 0 saturated heterocycles. The summed E-state index contributed by atoms with van der Waals surface area (Å²) < 4.78 is 7.71. The molecule has 1 aliphatic rings. The quantitative estimate of drug-likeness (QED) is 0.807. The molecule has 0 radical (unpaired) electrons. The first kappa shape index (κ1) is 13.3. The second-order valence-corrected chi connectivity index (χ2v) is 5.20. The van der Waals surface area contributed by atoms with E-state index >= 15 is 0 Å². The third kappa shape index (κ3) is 2.91. The molecule has 0 aromatic carbocycles. The highest BCUT2D eigenvalue weighted by Gasteiger charge is 2.19. The van der Waals surface area contributed by atoms with E-state index in [9.17, 15) is 0 Å². The summed E-state index contributed by atoms with van der Waals surface area (Å²) in [7, 11) is 0. The molecule has 6 nitrogen and oxygen atoms in total. The van der Waals surface area contributed by atoms with Crippen molar-refractivity contribution >= 4 is 0 Å². The Morgan fingerprint density at radius 3 is 3.25 bits per heavy atom. The summed E-state index contributed by atoms with van der Waals surface area (Å²) in [6, 6.07) is 2.07. The molecule has 3 heterocycles. The largest absolute Gasteiger partial charge is 0.468 e. The summed E-state index contributed by atoms with van der Waals surface area (Å²) in [4.78, 5) is 2.39. The summed E-state index contributed by atoms with van der Waals surface area (Å²) in [6.07, 6.45) is 4.73. The lowest BCUT2D eigenvalue weighted by molar-refractivity contribution is 0.207. The second-order valence-electron chi connectivity index (χ2n) is 5.20. The third-order valence-corrected chi connectivity index (χ3v) is 3.66. The Bertz CT molecular complexity index is 547. The molecular formula is C14H21N5O. The number of fused-ring (bicyclic) bond motifs is 1. The van der Waals surface area contributed by atoms with Gasteiger partial charge in [0, 0.05) is 25.2 Å². The molecule has 3 rings (SSSR count). The van der Waals surface area contributed by atoms with Crippen molar-refractivity contribution in [3.8, 4) is 0 Å². The summed E-state index contributed by atoms with van der Waals surface area (Å²) in [5.41, 5.74) is 1.27. The first-order chi connectivity index (χ1) is 9.86. The molecular weight excluding hydrogens is 254 g/mol. The van der Waals surface area contributed by atoms with Crippen LogP contribution in [0.1, 0.15) is 30.5 Å². The Morgan fingerprint density at radius 1 is 1.40 bits per heavy atom. The molecule has 1 N–H and O–H groups in total. The Hall–Kier alpha value is -1.66. The summed E-state index contributed by atoms with van der Waals surface area (Å²) in [5.74, 6) is 2.09. The monoisotopic (exact) mass is 275 g/mol. The summed E-state index contributed by atoms with van der Waals surface area (Å²) >= 11 is 0. The minimum Gasteiger partial charge on any atom is -0.468 e. The van der Waals surface area contributed by atoms with Gasteiger partial charge in [0.2, 0.25) is 0 Å². The maximum absolute atomic E-state index is 5.58. The van der Waals surface area contributed by atoms with Gasteiger partial charge in [-0.3, -0.25) is 4.90 Å². The molecule has 0 fully saturated rings. The molecule has 0 spiro atoms. The normalized spacial score (nSPS) is 15.4. The van der Waals surface area contributed by atoms with Gasteiger partial charge < -0.3 is 14.3 Å². The first-order valence-electron chi connectivity index (χ1n) is 7.22. The van der Waals surface area contributed by atoms with E-state index in [4.69, 9.17) is 4.42 Å². The summed E-state index contributed by atoms with van der Waals surface area (Å²) in [5, 5.41) is 11.5. The molecule has 0 atom stereocenters. The maximum atomic E-state index is 5.58. The van der Waals surface area contributed by atoms with Gasteiger partial charge in [-0.05, 0) is 19.0 Å². The van der Waals surface area contributed by atoms with Crippen LogP contribution in [-0.4, -0.2) is 32.8 Å². The Morgan fingerprint density at radius 2 is 2.35 bits per heavy atom. The van der Waals surface area contributed by atoms with Gasteiger partial charge >= 0.3 is 0 Å². The van der Waals surface area contributed by atoms with Crippen molar-refractivity contribution in [2.24, 2.45) is 0 Å². The fourth-order valence-electron chi connectivity index (χ4n) is 2.53. The van der Waals surface area contributed by atoms with Crippen LogP contribution in [0.4, 0.5) is 0 Å². The van der Waals surface area contributed by atoms with Crippen LogP contribution >= 0.6 is 0 Å². The average Bonchev–Trinajstić information content (AvgIpc) is 3.08. The van der Waals surface area contributed by atoms with Crippen molar-refractivity contribution in [3.05, 3.63) is 35.8 Å². The number of nitrogens with one attached hydrogen (secondary N) is 1. The van der Waals surface area contributed by atoms with Crippen LogP contribution in [0.25, 0.3) is 0 Å². The number of rotatable bonds is 6. The van der Waals surface area contributed by atoms with Crippen LogP contribution in [-0.2, 0) is 26.2 Å². The van der Waals surface area contributed by atoms with Crippen LogP contribution < -0.4 is 5.32 Å². The minimum absolute atomic E-state index is 0.806. The minimum atomic E-state index is 0.806. The topological polar surface area (TPSA) is 59.1 Å². The Kier molecular flexibility index (Phi) is 4.13. The molecule has 6 heteroatoms. The fraction of sp³-hybridized carbons (Fsp3) is 0.571. The number of hydrogen-bond donors (Lipinski definition) is 1. The second kappa shape index (κ2) is 6.19. The molecule has 20 heavy (non-hydrogen) atoms. The van der Waals surface area contributed by atoms with E-state index in [0.717, 1.165) is 57.3 Å². The molecule has 1 aliphatic heterocycles. The molecule has 2 aromatic rings. The SMILES string of the molecule is CCCNCc1occc1CN1CCn2cnnc2C1. The predicted molar refractivity (Wildman–Crippen MR) is 74.8 cm³/mol. The van der Waals surface area contributed by atoms with Crippen LogP contribution in [0.15, 0.2) is 23.1 Å². The lowest BCUT2D eigenvalue weighted by atomic mass is 10.2. The van der Waals surface area contributed by atoms with E-state index in [1.165, 1.54) is 5.56 Å². The van der Waals surface area contributed by atoms with Crippen LogP contribution in [0.2, 0.25) is 0 Å². The number of nitrogens with zero attached hydrogens (tertiary/aromatic N) is 4. The van der Waals surface area contributed by atoms with Crippen molar-refractivity contribution < 1.29 is 4.42 Å². The van der Waals surface area contributed by atoms with Crippen LogP contribution in [0, 0.1) is 0 Å². The lowest BCUT2D eigenvalue weighted by Gasteiger charge is -2.26. The Labute approximate surface area is 118 Å². The van der Waals surface area contributed by atoms with E-state index < -0.39 is 0 Å². The first-order valence-corrected chi connectivity index (χ1v) is 7.22. The molecule has 0 amide bonds. The van der Waals surface area contributed by atoms with Gasteiger partial charge in [0.15, 0.2) is 0 Å². The number of aromatic nitrogens is 3. The zero-order chi connectivity index (χ0) is 13.8. The van der Waals surface area contributed by atoms with Crippen LogP contribution in [0.5, 0.6) is 0 Å². The smallest absolute Gasteiger partial charge is 0.147 e. The van der Waals surface area contributed by atoms with E-state index in [0.29, 0.717) is 0 Å². The zero-order valence-electron chi connectivity index (χ0n) is 11.9. The predicted octanol–water partition coefficient (Wildman–Crippen LogP) is 1.39. The van der Waals surface area contributed by atoms with Gasteiger partial charge in [-0.2, -0.15) is 0 Å². The number of furan rings is 1. The summed E-state index contributed by atoms with van der Waals surface area (Å²) in [6.45, 7) is 7.74. The molecule has 0 bridgehead atoms. The molecule has 0 aliphatic carbocycles. The Balaban J connectivity index is 1.60. The van der Waals surface area contributed by atoms with Crippen LogP contribution in [0.3, 0.4) is 0 Å². The van der Waals surface area contributed by atoms with Gasteiger partial charge in [0.05, 0.1) is 19.4 Å². The van der Waals surface area contributed by atoms with Gasteiger partial charge in [-0.25, -0.2) is 0 Å². The van der Waals surface area contributed by atoms with Gasteiger partial charge in [0.25, 0.3) is 0 Å². The molecule has 0 saturated carbocycles. The highest BCUT2D eigenvalue weighted by atomic mass is 16.3. The lowest BCUT2D eigenvalue weighted by Crippen LogP contribution is -2.33. The van der Waals surface area contributed by atoms with Gasteiger partial charge in [0.1, 0.15) is 17.9 Å². The maximum Gasteiger partial charge on any atom is 0.147 e. The van der Waals surface area contributed by atoms with Crippen molar-refractivity contribution in [1.29, 1.82) is 0 Å². The van der Waals surface area contributed by atoms with Crippen molar-refractivity contribution in [2.45, 2.75) is 39.5 Å². The molecule has 2 aromatic heterocycles. The van der Waals surface area contributed by atoms with Gasteiger partial charge in [-0.15, -0.1) is 10.2 Å². The van der Waals surface area contributed by atoms with Crippen molar-refractivity contribution in [1.82, 2.24) is 25.0 Å².